The van der Waals surface area contributed by atoms with Crippen molar-refractivity contribution < 1.29 is 13.2 Å². The van der Waals surface area contributed by atoms with Crippen LogP contribution in [0.3, 0.4) is 0 Å². The zero-order valence-corrected chi connectivity index (χ0v) is 11.9. The number of benzene rings is 2. The van der Waals surface area contributed by atoms with Crippen LogP contribution in [0, 0.1) is 11.6 Å². The van der Waals surface area contributed by atoms with Gasteiger partial charge in [-0.05, 0) is 37.4 Å². The fraction of sp³-hybridized carbons (Fsp3) is 0.125. The number of nitrogens with one attached hydrogen (secondary N) is 1. The Balaban J connectivity index is 2.13. The number of rotatable bonds is 3. The molecule has 0 radical (unpaired) electrons. The maximum absolute atomic E-state index is 14.0. The zero-order chi connectivity index (χ0) is 15.0. The van der Waals surface area contributed by atoms with Crippen LogP contribution in [0.2, 0.25) is 5.02 Å². The second-order valence-corrected chi connectivity index (χ2v) is 5.13. The average molecular weight is 308 g/mol. The summed E-state index contributed by atoms with van der Waals surface area (Å²) in [4.78, 5) is 0. The average Bonchev–Trinajstić information content (AvgIpc) is 2.89. The molecule has 108 valence electrons. The van der Waals surface area contributed by atoms with Crippen molar-refractivity contribution in [3.8, 4) is 0 Å². The first-order chi connectivity index (χ1) is 10.1. The maximum Gasteiger partial charge on any atom is 0.169 e. The van der Waals surface area contributed by atoms with Gasteiger partial charge in [-0.25, -0.2) is 8.78 Å². The van der Waals surface area contributed by atoms with E-state index in [1.165, 1.54) is 24.3 Å². The normalized spacial score (nSPS) is 12.8. The van der Waals surface area contributed by atoms with E-state index in [-0.39, 0.29) is 5.58 Å². The molecule has 0 aliphatic heterocycles. The van der Waals surface area contributed by atoms with E-state index in [2.05, 4.69) is 5.32 Å². The first-order valence-corrected chi connectivity index (χ1v) is 6.78. The molecule has 21 heavy (non-hydrogen) atoms. The second kappa shape index (κ2) is 5.47. The van der Waals surface area contributed by atoms with Gasteiger partial charge < -0.3 is 9.73 Å². The number of hydrogen-bond acceptors (Lipinski definition) is 2. The Labute approximate surface area is 125 Å². The number of hydrogen-bond donors (Lipinski definition) is 1. The molecule has 1 heterocycles. The van der Waals surface area contributed by atoms with Gasteiger partial charge >= 0.3 is 0 Å². The van der Waals surface area contributed by atoms with Crippen molar-refractivity contribution in [2.24, 2.45) is 0 Å². The number of halogens is 3. The molecule has 0 amide bonds. The Bertz CT molecular complexity index is 800. The van der Waals surface area contributed by atoms with Gasteiger partial charge in [-0.3, -0.25) is 0 Å². The van der Waals surface area contributed by atoms with Crippen molar-refractivity contribution in [1.82, 2.24) is 5.32 Å². The summed E-state index contributed by atoms with van der Waals surface area (Å²) in [5.41, 5.74) is 0.514. The SMILES string of the molecule is CNC(c1cc2cccc(F)c2o1)c1cc(Cl)ccc1F. The lowest BCUT2D eigenvalue weighted by Crippen LogP contribution is -2.18. The molecule has 0 saturated carbocycles. The molecule has 2 nitrogen and oxygen atoms in total. The second-order valence-electron chi connectivity index (χ2n) is 4.69. The molecule has 0 bridgehead atoms. The van der Waals surface area contributed by atoms with Crippen LogP contribution >= 0.6 is 11.6 Å². The summed E-state index contributed by atoms with van der Waals surface area (Å²) in [6, 6.07) is 10.1. The quantitative estimate of drug-likeness (QED) is 0.760. The van der Waals surface area contributed by atoms with Crippen LogP contribution in [-0.2, 0) is 0 Å². The highest BCUT2D eigenvalue weighted by molar-refractivity contribution is 6.30. The third-order valence-electron chi connectivity index (χ3n) is 3.36. The molecular weight excluding hydrogens is 296 g/mol. The predicted octanol–water partition coefficient (Wildman–Crippen LogP) is 4.67. The van der Waals surface area contributed by atoms with Gasteiger partial charge in [-0.15, -0.1) is 0 Å². The highest BCUT2D eigenvalue weighted by Crippen LogP contribution is 2.31. The van der Waals surface area contributed by atoms with Crippen LogP contribution in [0.4, 0.5) is 8.78 Å². The van der Waals surface area contributed by atoms with E-state index >= 15 is 0 Å². The van der Waals surface area contributed by atoms with Gasteiger partial charge in [-0.2, -0.15) is 0 Å². The summed E-state index contributed by atoms with van der Waals surface area (Å²) in [6.45, 7) is 0. The van der Waals surface area contributed by atoms with Gasteiger partial charge in [0.05, 0.1) is 6.04 Å². The molecule has 1 N–H and O–H groups in total. The van der Waals surface area contributed by atoms with Crippen molar-refractivity contribution in [1.29, 1.82) is 0 Å². The fourth-order valence-electron chi connectivity index (χ4n) is 2.38. The van der Waals surface area contributed by atoms with E-state index in [4.69, 9.17) is 16.0 Å². The lowest BCUT2D eigenvalue weighted by molar-refractivity contribution is 0.465. The fourth-order valence-corrected chi connectivity index (χ4v) is 2.56. The van der Waals surface area contributed by atoms with Gasteiger partial charge in [0, 0.05) is 16.0 Å². The summed E-state index contributed by atoms with van der Waals surface area (Å²) >= 11 is 5.92. The first-order valence-electron chi connectivity index (χ1n) is 6.40. The van der Waals surface area contributed by atoms with Crippen molar-refractivity contribution in [3.05, 3.63) is 70.4 Å². The van der Waals surface area contributed by atoms with Crippen LogP contribution in [0.25, 0.3) is 11.0 Å². The van der Waals surface area contributed by atoms with Gasteiger partial charge in [0.15, 0.2) is 11.4 Å². The van der Waals surface area contributed by atoms with Crippen LogP contribution in [0.5, 0.6) is 0 Å². The summed E-state index contributed by atoms with van der Waals surface area (Å²) in [5, 5.41) is 4.03. The number of para-hydroxylation sites is 1. The van der Waals surface area contributed by atoms with E-state index in [1.807, 2.05) is 0 Å². The molecule has 3 rings (SSSR count). The van der Waals surface area contributed by atoms with Gasteiger partial charge in [0.25, 0.3) is 0 Å². The van der Waals surface area contributed by atoms with Gasteiger partial charge in [0.2, 0.25) is 0 Å². The Morgan fingerprint density at radius 2 is 1.90 bits per heavy atom. The molecule has 3 aromatic rings. The molecule has 1 aromatic heterocycles. The predicted molar refractivity (Wildman–Crippen MR) is 78.5 cm³/mol. The largest absolute Gasteiger partial charge is 0.456 e. The van der Waals surface area contributed by atoms with Crippen LogP contribution < -0.4 is 5.32 Å². The minimum absolute atomic E-state index is 0.162. The third-order valence-corrected chi connectivity index (χ3v) is 3.59. The molecule has 1 unspecified atom stereocenters. The molecule has 1 atom stereocenters. The van der Waals surface area contributed by atoms with Crippen molar-refractivity contribution in [2.75, 3.05) is 7.05 Å². The van der Waals surface area contributed by atoms with Crippen LogP contribution in [0.1, 0.15) is 17.4 Å². The molecule has 0 saturated heterocycles. The van der Waals surface area contributed by atoms with Crippen LogP contribution in [0.15, 0.2) is 46.9 Å². The number of fused-ring (bicyclic) bond motifs is 1. The molecule has 0 aliphatic rings. The summed E-state index contributed by atoms with van der Waals surface area (Å²) in [7, 11) is 1.68. The topological polar surface area (TPSA) is 25.2 Å². The van der Waals surface area contributed by atoms with Crippen LogP contribution in [-0.4, -0.2) is 7.05 Å². The minimum Gasteiger partial charge on any atom is -0.456 e. The van der Waals surface area contributed by atoms with Crippen molar-refractivity contribution in [3.63, 3.8) is 0 Å². The molecule has 2 aromatic carbocycles. The standard InChI is InChI=1S/C16H12ClF2NO/c1-20-15(11-8-10(17)5-6-12(11)18)14-7-9-3-2-4-13(19)16(9)21-14/h2-8,15,20H,1H3. The highest BCUT2D eigenvalue weighted by Gasteiger charge is 2.21. The Kier molecular flexibility index (Phi) is 3.66. The van der Waals surface area contributed by atoms with E-state index in [9.17, 15) is 8.78 Å². The Morgan fingerprint density at radius 3 is 2.62 bits per heavy atom. The van der Waals surface area contributed by atoms with Gasteiger partial charge in [-0.1, -0.05) is 23.7 Å². The molecule has 0 spiro atoms. The summed E-state index contributed by atoms with van der Waals surface area (Å²) < 4.78 is 33.3. The Hall–Kier alpha value is -1.91. The molecule has 0 fully saturated rings. The minimum atomic E-state index is -0.546. The number of furan rings is 1. The summed E-state index contributed by atoms with van der Waals surface area (Å²) in [5.74, 6) is -0.418. The van der Waals surface area contributed by atoms with E-state index in [0.717, 1.165) is 0 Å². The zero-order valence-electron chi connectivity index (χ0n) is 11.2. The highest BCUT2D eigenvalue weighted by atomic mass is 35.5. The molecule has 5 heteroatoms. The van der Waals surface area contributed by atoms with Gasteiger partial charge in [0.1, 0.15) is 11.6 Å². The summed E-state index contributed by atoms with van der Waals surface area (Å²) in [6.07, 6.45) is 0. The third kappa shape index (κ3) is 2.52. The molecule has 0 aliphatic carbocycles. The first kappa shape index (κ1) is 14.0. The van der Waals surface area contributed by atoms with Crippen molar-refractivity contribution >= 4 is 22.6 Å². The molecular formula is C16H12ClF2NO. The Morgan fingerprint density at radius 1 is 1.10 bits per heavy atom. The lowest BCUT2D eigenvalue weighted by Gasteiger charge is -2.15. The van der Waals surface area contributed by atoms with E-state index in [0.29, 0.717) is 21.7 Å². The smallest absolute Gasteiger partial charge is 0.169 e. The van der Waals surface area contributed by atoms with Crippen molar-refractivity contribution in [2.45, 2.75) is 6.04 Å². The maximum atomic E-state index is 14.0. The van der Waals surface area contributed by atoms with E-state index < -0.39 is 17.7 Å². The monoisotopic (exact) mass is 307 g/mol. The van der Waals surface area contributed by atoms with E-state index in [1.54, 1.807) is 25.2 Å². The lowest BCUT2D eigenvalue weighted by atomic mass is 10.0.